The molecule has 1 saturated heterocycles. The average molecular weight is 555 g/mol. The predicted octanol–water partition coefficient (Wildman–Crippen LogP) is 6.35. The number of unbranched alkanes of at least 4 members (excludes halogenated alkanes) is 1. The summed E-state index contributed by atoms with van der Waals surface area (Å²) in [5, 5.41) is 1.52. The van der Waals surface area contributed by atoms with E-state index in [0.29, 0.717) is 38.4 Å². The molecule has 0 saturated carbocycles. The molecule has 0 unspecified atom stereocenters. The third-order valence-corrected chi connectivity index (χ3v) is 10.6. The standard InChI is InChI=1S/C32H46O6Si/c1-7-8-20-39(5,6)30-16-12-28(13-17-30)27-10-14-29(15-11-27)35-18-9-19-36-31(33)25(2)21-34-22-26-23-37-32(3,4)38-24-26/h10-17,26H,2,7-9,18-24H2,1,3-6H3. The monoisotopic (exact) mass is 554 g/mol. The van der Waals surface area contributed by atoms with Crippen molar-refractivity contribution in [1.82, 2.24) is 0 Å². The Bertz CT molecular complexity index is 1040. The molecule has 1 aliphatic rings. The Morgan fingerprint density at radius 1 is 0.974 bits per heavy atom. The summed E-state index contributed by atoms with van der Waals surface area (Å²) >= 11 is 0. The number of esters is 1. The summed E-state index contributed by atoms with van der Waals surface area (Å²) in [4.78, 5) is 12.1. The zero-order chi connectivity index (χ0) is 28.3. The fourth-order valence-electron chi connectivity index (χ4n) is 4.37. The Labute approximate surface area is 235 Å². The fourth-order valence-corrected chi connectivity index (χ4v) is 6.96. The van der Waals surface area contributed by atoms with Gasteiger partial charge >= 0.3 is 5.97 Å². The van der Waals surface area contributed by atoms with Crippen LogP contribution in [0.5, 0.6) is 5.75 Å². The van der Waals surface area contributed by atoms with E-state index in [4.69, 9.17) is 23.7 Å². The third-order valence-electron chi connectivity index (χ3n) is 7.05. The quantitative estimate of drug-likeness (QED) is 0.111. The number of hydrogen-bond donors (Lipinski definition) is 0. The molecule has 0 amide bonds. The van der Waals surface area contributed by atoms with Crippen LogP contribution in [-0.2, 0) is 23.7 Å². The van der Waals surface area contributed by atoms with Crippen molar-refractivity contribution >= 4 is 19.2 Å². The van der Waals surface area contributed by atoms with Crippen LogP contribution in [0.1, 0.15) is 40.0 Å². The van der Waals surface area contributed by atoms with E-state index in [0.717, 1.165) is 5.75 Å². The molecule has 214 valence electrons. The first kappa shape index (κ1) is 31.1. The lowest BCUT2D eigenvalue weighted by Crippen LogP contribution is -2.40. The Morgan fingerprint density at radius 3 is 2.21 bits per heavy atom. The van der Waals surface area contributed by atoms with E-state index in [9.17, 15) is 4.79 Å². The molecule has 6 nitrogen and oxygen atoms in total. The van der Waals surface area contributed by atoms with Gasteiger partial charge in [0.25, 0.3) is 0 Å². The van der Waals surface area contributed by atoms with Crippen molar-refractivity contribution < 1.29 is 28.5 Å². The van der Waals surface area contributed by atoms with Crippen LogP contribution >= 0.6 is 0 Å². The maximum Gasteiger partial charge on any atom is 0.335 e. The number of benzene rings is 2. The smallest absolute Gasteiger partial charge is 0.335 e. The van der Waals surface area contributed by atoms with Crippen LogP contribution in [0.15, 0.2) is 60.7 Å². The van der Waals surface area contributed by atoms with Crippen LogP contribution in [0, 0.1) is 5.92 Å². The first-order chi connectivity index (χ1) is 18.6. The van der Waals surface area contributed by atoms with Crippen LogP contribution < -0.4 is 9.92 Å². The van der Waals surface area contributed by atoms with E-state index in [1.54, 1.807) is 0 Å². The molecule has 1 aliphatic heterocycles. The molecule has 0 spiro atoms. The zero-order valence-electron chi connectivity index (χ0n) is 24.4. The van der Waals surface area contributed by atoms with Gasteiger partial charge in [-0.05, 0) is 37.1 Å². The van der Waals surface area contributed by atoms with Crippen LogP contribution in [0.25, 0.3) is 11.1 Å². The zero-order valence-corrected chi connectivity index (χ0v) is 25.4. The summed E-state index contributed by atoms with van der Waals surface area (Å²) in [7, 11) is -1.36. The number of carbonyl (C=O) groups is 1. The van der Waals surface area contributed by atoms with Gasteiger partial charge in [0.05, 0.1) is 53.3 Å². The average Bonchev–Trinajstić information content (AvgIpc) is 2.93. The van der Waals surface area contributed by atoms with E-state index in [2.05, 4.69) is 63.0 Å². The number of carbonyl (C=O) groups excluding carboxylic acids is 1. The van der Waals surface area contributed by atoms with Crippen molar-refractivity contribution in [3.8, 4) is 16.9 Å². The van der Waals surface area contributed by atoms with E-state index in [-0.39, 0.29) is 19.1 Å². The third kappa shape index (κ3) is 10.2. The van der Waals surface area contributed by atoms with Crippen molar-refractivity contribution in [2.24, 2.45) is 5.92 Å². The van der Waals surface area contributed by atoms with E-state index >= 15 is 0 Å². The molecule has 7 heteroatoms. The van der Waals surface area contributed by atoms with Crippen LogP contribution in [-0.4, -0.2) is 59.5 Å². The lowest BCUT2D eigenvalue weighted by atomic mass is 10.1. The van der Waals surface area contributed by atoms with Crippen molar-refractivity contribution in [2.45, 2.75) is 65.0 Å². The van der Waals surface area contributed by atoms with Crippen molar-refractivity contribution in [3.05, 3.63) is 60.7 Å². The van der Waals surface area contributed by atoms with Gasteiger partial charge in [0.2, 0.25) is 0 Å². The van der Waals surface area contributed by atoms with Crippen LogP contribution in [0.3, 0.4) is 0 Å². The molecule has 2 aromatic carbocycles. The fraction of sp³-hybridized carbons (Fsp3) is 0.531. The molecule has 0 bridgehead atoms. The van der Waals surface area contributed by atoms with Gasteiger partial charge in [0.15, 0.2) is 5.79 Å². The Kier molecular flexibility index (Phi) is 11.8. The molecule has 0 atom stereocenters. The number of hydrogen-bond acceptors (Lipinski definition) is 6. The number of rotatable bonds is 15. The minimum atomic E-state index is -1.36. The van der Waals surface area contributed by atoms with Crippen molar-refractivity contribution in [2.75, 3.05) is 39.6 Å². The summed E-state index contributed by atoms with van der Waals surface area (Å²) in [5.41, 5.74) is 2.68. The van der Waals surface area contributed by atoms with E-state index in [1.165, 1.54) is 35.2 Å². The van der Waals surface area contributed by atoms with Gasteiger partial charge in [-0.25, -0.2) is 4.79 Å². The molecule has 0 aliphatic carbocycles. The largest absolute Gasteiger partial charge is 0.493 e. The minimum Gasteiger partial charge on any atom is -0.493 e. The van der Waals surface area contributed by atoms with Gasteiger partial charge in [-0.2, -0.15) is 0 Å². The van der Waals surface area contributed by atoms with Gasteiger partial charge in [0.1, 0.15) is 5.75 Å². The van der Waals surface area contributed by atoms with Crippen molar-refractivity contribution in [1.29, 1.82) is 0 Å². The summed E-state index contributed by atoms with van der Waals surface area (Å²) < 4.78 is 28.0. The molecule has 3 rings (SSSR count). The molecule has 2 aromatic rings. The van der Waals surface area contributed by atoms with Gasteiger partial charge < -0.3 is 23.7 Å². The van der Waals surface area contributed by atoms with Crippen molar-refractivity contribution in [3.63, 3.8) is 0 Å². The second-order valence-corrected chi connectivity index (χ2v) is 16.3. The summed E-state index contributed by atoms with van der Waals surface area (Å²) in [6.07, 6.45) is 3.15. The second-order valence-electron chi connectivity index (χ2n) is 11.4. The van der Waals surface area contributed by atoms with Crippen LogP contribution in [0.4, 0.5) is 0 Å². The molecule has 0 aromatic heterocycles. The SMILES string of the molecule is C=C(COCC1COC(C)(C)OC1)C(=O)OCCCOc1ccc(-c2ccc([Si](C)(C)CCCC)cc2)cc1. The molecular weight excluding hydrogens is 508 g/mol. The highest BCUT2D eigenvalue weighted by atomic mass is 28.3. The van der Waals surface area contributed by atoms with E-state index in [1.807, 2.05) is 26.0 Å². The topological polar surface area (TPSA) is 63.2 Å². The van der Waals surface area contributed by atoms with Gasteiger partial charge in [-0.15, -0.1) is 0 Å². The maximum atomic E-state index is 12.1. The number of ether oxygens (including phenoxy) is 5. The molecule has 1 heterocycles. The van der Waals surface area contributed by atoms with Gasteiger partial charge in [-0.3, -0.25) is 0 Å². The first-order valence-corrected chi connectivity index (χ1v) is 17.3. The second kappa shape index (κ2) is 14.8. The van der Waals surface area contributed by atoms with Gasteiger partial charge in [0, 0.05) is 12.3 Å². The summed E-state index contributed by atoms with van der Waals surface area (Å²) in [5.74, 6) is -0.0515. The Hall–Kier alpha value is -2.45. The minimum absolute atomic E-state index is 0.128. The summed E-state index contributed by atoms with van der Waals surface area (Å²) in [6, 6.07) is 18.6. The highest BCUT2D eigenvalue weighted by molar-refractivity contribution is 6.89. The molecule has 39 heavy (non-hydrogen) atoms. The van der Waals surface area contributed by atoms with Crippen LogP contribution in [0.2, 0.25) is 19.1 Å². The highest BCUT2D eigenvalue weighted by Gasteiger charge is 2.28. The molecule has 0 radical (unpaired) electrons. The molecule has 1 fully saturated rings. The lowest BCUT2D eigenvalue weighted by molar-refractivity contribution is -0.266. The molecular formula is C32H46O6Si. The normalized spacial score (nSPS) is 15.6. The Morgan fingerprint density at radius 2 is 1.59 bits per heavy atom. The predicted molar refractivity (Wildman–Crippen MR) is 159 cm³/mol. The van der Waals surface area contributed by atoms with E-state index < -0.39 is 19.8 Å². The lowest BCUT2D eigenvalue weighted by Gasteiger charge is -2.34. The molecule has 0 N–H and O–H groups in total. The summed E-state index contributed by atoms with van der Waals surface area (Å²) in [6.45, 7) is 17.2. The Balaban J connectivity index is 1.31. The highest BCUT2D eigenvalue weighted by Crippen LogP contribution is 2.24. The first-order valence-electron chi connectivity index (χ1n) is 14.1. The maximum absolute atomic E-state index is 12.1. The van der Waals surface area contributed by atoms with Gasteiger partial charge in [-0.1, -0.05) is 87.1 Å².